The van der Waals surface area contributed by atoms with Crippen molar-refractivity contribution in [1.29, 1.82) is 0 Å². The standard InChI is InChI=1S/C12H9F3N2O2/c13-12(14,15)9-4-2-1-3-8(9)7-10-16-11(5-6-18)19-17-10/h1-4,6H,5,7H2. The molecule has 100 valence electrons. The molecule has 0 radical (unpaired) electrons. The highest BCUT2D eigenvalue weighted by atomic mass is 19.4. The molecule has 2 aromatic rings. The minimum atomic E-state index is -4.42. The maximum Gasteiger partial charge on any atom is 0.416 e. The van der Waals surface area contributed by atoms with E-state index in [0.717, 1.165) is 6.07 Å². The Morgan fingerprint density at radius 1 is 1.26 bits per heavy atom. The number of alkyl halides is 3. The summed E-state index contributed by atoms with van der Waals surface area (Å²) in [6.45, 7) is 0. The molecular formula is C12H9F3N2O2. The van der Waals surface area contributed by atoms with Crippen molar-refractivity contribution >= 4 is 6.29 Å². The fourth-order valence-corrected chi connectivity index (χ4v) is 1.64. The van der Waals surface area contributed by atoms with E-state index in [1.54, 1.807) is 0 Å². The molecule has 0 bridgehead atoms. The third-order valence-corrected chi connectivity index (χ3v) is 2.44. The van der Waals surface area contributed by atoms with Gasteiger partial charge in [0.05, 0.1) is 12.0 Å². The van der Waals surface area contributed by atoms with E-state index in [2.05, 4.69) is 10.1 Å². The Morgan fingerprint density at radius 3 is 2.68 bits per heavy atom. The van der Waals surface area contributed by atoms with Gasteiger partial charge in [0, 0.05) is 6.42 Å². The van der Waals surface area contributed by atoms with Crippen LogP contribution in [0, 0.1) is 0 Å². The maximum atomic E-state index is 12.8. The van der Waals surface area contributed by atoms with Gasteiger partial charge in [-0.05, 0) is 11.6 Å². The van der Waals surface area contributed by atoms with Gasteiger partial charge in [0.2, 0.25) is 5.89 Å². The average Bonchev–Trinajstić information content (AvgIpc) is 2.76. The van der Waals surface area contributed by atoms with Gasteiger partial charge in [-0.2, -0.15) is 18.2 Å². The molecule has 0 fully saturated rings. The van der Waals surface area contributed by atoms with Crippen LogP contribution in [0.15, 0.2) is 28.8 Å². The molecule has 2 rings (SSSR count). The van der Waals surface area contributed by atoms with Gasteiger partial charge in [-0.25, -0.2) is 0 Å². The Hall–Kier alpha value is -2.18. The first kappa shape index (κ1) is 13.3. The van der Waals surface area contributed by atoms with Crippen LogP contribution in [0.1, 0.15) is 22.8 Å². The minimum absolute atomic E-state index is 0.0477. The summed E-state index contributed by atoms with van der Waals surface area (Å²) in [6.07, 6.45) is -3.99. The SMILES string of the molecule is O=CCc1nc(Cc2ccccc2C(F)(F)F)no1. The van der Waals surface area contributed by atoms with Gasteiger partial charge in [0.1, 0.15) is 6.29 Å². The lowest BCUT2D eigenvalue weighted by molar-refractivity contribution is -0.138. The molecule has 1 aromatic carbocycles. The topological polar surface area (TPSA) is 56.0 Å². The molecule has 1 heterocycles. The van der Waals surface area contributed by atoms with Crippen molar-refractivity contribution in [3.8, 4) is 0 Å². The normalized spacial score (nSPS) is 11.5. The van der Waals surface area contributed by atoms with Crippen LogP contribution < -0.4 is 0 Å². The predicted molar refractivity (Wildman–Crippen MR) is 58.3 cm³/mol. The van der Waals surface area contributed by atoms with Gasteiger partial charge in [-0.1, -0.05) is 23.4 Å². The second kappa shape index (κ2) is 5.21. The zero-order chi connectivity index (χ0) is 13.9. The summed E-state index contributed by atoms with van der Waals surface area (Å²) in [6, 6.07) is 5.19. The molecule has 0 saturated carbocycles. The Morgan fingerprint density at radius 2 is 2.00 bits per heavy atom. The van der Waals surface area contributed by atoms with E-state index in [9.17, 15) is 18.0 Å². The number of carbonyl (C=O) groups excluding carboxylic acids is 1. The highest BCUT2D eigenvalue weighted by Crippen LogP contribution is 2.32. The third-order valence-electron chi connectivity index (χ3n) is 2.44. The molecule has 0 aliphatic carbocycles. The highest BCUT2D eigenvalue weighted by molar-refractivity contribution is 5.52. The van der Waals surface area contributed by atoms with Gasteiger partial charge >= 0.3 is 6.18 Å². The van der Waals surface area contributed by atoms with E-state index in [-0.39, 0.29) is 30.1 Å². The average molecular weight is 270 g/mol. The van der Waals surface area contributed by atoms with Crippen molar-refractivity contribution in [1.82, 2.24) is 10.1 Å². The Kier molecular flexibility index (Phi) is 3.64. The van der Waals surface area contributed by atoms with E-state index in [1.807, 2.05) is 0 Å². The number of hydrogen-bond acceptors (Lipinski definition) is 4. The molecule has 0 aliphatic rings. The zero-order valence-corrected chi connectivity index (χ0v) is 9.65. The number of carbonyl (C=O) groups is 1. The monoisotopic (exact) mass is 270 g/mol. The molecule has 7 heteroatoms. The molecule has 0 atom stereocenters. The van der Waals surface area contributed by atoms with E-state index in [1.165, 1.54) is 18.2 Å². The van der Waals surface area contributed by atoms with Crippen molar-refractivity contribution in [2.75, 3.05) is 0 Å². The van der Waals surface area contributed by atoms with E-state index < -0.39 is 11.7 Å². The molecule has 4 nitrogen and oxygen atoms in total. The molecule has 0 aliphatic heterocycles. The number of halogens is 3. The first-order chi connectivity index (χ1) is 9.00. The Labute approximate surface area is 106 Å². The van der Waals surface area contributed by atoms with Gasteiger partial charge in [0.25, 0.3) is 0 Å². The van der Waals surface area contributed by atoms with Crippen molar-refractivity contribution in [2.45, 2.75) is 19.0 Å². The van der Waals surface area contributed by atoms with Crippen LogP contribution in [0.2, 0.25) is 0 Å². The molecule has 19 heavy (non-hydrogen) atoms. The van der Waals surface area contributed by atoms with Crippen LogP contribution in [-0.4, -0.2) is 16.4 Å². The van der Waals surface area contributed by atoms with Crippen molar-refractivity contribution in [3.63, 3.8) is 0 Å². The van der Waals surface area contributed by atoms with Crippen LogP contribution >= 0.6 is 0 Å². The molecule has 1 aromatic heterocycles. The molecule has 0 saturated heterocycles. The first-order valence-corrected chi connectivity index (χ1v) is 5.41. The van der Waals surface area contributed by atoms with E-state index >= 15 is 0 Å². The summed E-state index contributed by atoms with van der Waals surface area (Å²) in [7, 11) is 0. The predicted octanol–water partition coefficient (Wildman–Crippen LogP) is 2.42. The van der Waals surface area contributed by atoms with Crippen LogP contribution in [0.25, 0.3) is 0 Å². The third kappa shape index (κ3) is 3.18. The zero-order valence-electron chi connectivity index (χ0n) is 9.65. The minimum Gasteiger partial charge on any atom is -0.339 e. The number of aromatic nitrogens is 2. The van der Waals surface area contributed by atoms with E-state index in [4.69, 9.17) is 4.52 Å². The lowest BCUT2D eigenvalue weighted by atomic mass is 10.0. The lowest BCUT2D eigenvalue weighted by Crippen LogP contribution is -2.09. The quantitative estimate of drug-likeness (QED) is 0.800. The summed E-state index contributed by atoms with van der Waals surface area (Å²) in [5.41, 5.74) is -0.662. The van der Waals surface area contributed by atoms with Gasteiger partial charge in [-0.15, -0.1) is 0 Å². The maximum absolute atomic E-state index is 12.8. The van der Waals surface area contributed by atoms with Crippen molar-refractivity contribution < 1.29 is 22.5 Å². The highest BCUT2D eigenvalue weighted by Gasteiger charge is 2.33. The molecule has 0 amide bonds. The van der Waals surface area contributed by atoms with Crippen molar-refractivity contribution in [2.24, 2.45) is 0 Å². The fraction of sp³-hybridized carbons (Fsp3) is 0.250. The number of nitrogens with zero attached hydrogens (tertiary/aromatic N) is 2. The number of aldehydes is 1. The van der Waals surface area contributed by atoms with Crippen LogP contribution in [0.3, 0.4) is 0 Å². The number of benzene rings is 1. The molecule has 0 spiro atoms. The fourth-order valence-electron chi connectivity index (χ4n) is 1.64. The van der Waals surface area contributed by atoms with Gasteiger partial charge in [-0.3, -0.25) is 0 Å². The van der Waals surface area contributed by atoms with Crippen LogP contribution in [0.4, 0.5) is 13.2 Å². The first-order valence-electron chi connectivity index (χ1n) is 5.41. The lowest BCUT2D eigenvalue weighted by Gasteiger charge is -2.10. The summed E-state index contributed by atoms with van der Waals surface area (Å²) in [4.78, 5) is 14.1. The van der Waals surface area contributed by atoms with Gasteiger partial charge in [0.15, 0.2) is 5.82 Å². The molecule has 0 N–H and O–H groups in total. The van der Waals surface area contributed by atoms with E-state index in [0.29, 0.717) is 6.29 Å². The summed E-state index contributed by atoms with van der Waals surface area (Å²) < 4.78 is 43.0. The largest absolute Gasteiger partial charge is 0.416 e. The number of hydrogen-bond donors (Lipinski definition) is 0. The van der Waals surface area contributed by atoms with Crippen molar-refractivity contribution in [3.05, 3.63) is 47.1 Å². The number of rotatable bonds is 4. The van der Waals surface area contributed by atoms with Gasteiger partial charge < -0.3 is 9.32 Å². The Bertz CT molecular complexity index is 578. The van der Waals surface area contributed by atoms with Crippen LogP contribution in [-0.2, 0) is 23.8 Å². The molecule has 0 unspecified atom stereocenters. The second-order valence-electron chi connectivity index (χ2n) is 3.81. The summed E-state index contributed by atoms with van der Waals surface area (Å²) in [5, 5.41) is 3.54. The smallest absolute Gasteiger partial charge is 0.339 e. The molecular weight excluding hydrogens is 261 g/mol. The van der Waals surface area contributed by atoms with Crippen LogP contribution in [0.5, 0.6) is 0 Å². The Balaban J connectivity index is 2.25. The summed E-state index contributed by atoms with van der Waals surface area (Å²) in [5.74, 6) is 0.211. The second-order valence-corrected chi connectivity index (χ2v) is 3.81. The summed E-state index contributed by atoms with van der Waals surface area (Å²) >= 11 is 0.